The van der Waals surface area contributed by atoms with E-state index in [-0.39, 0.29) is 22.6 Å². The Morgan fingerprint density at radius 1 is 1.32 bits per heavy atom. The molecule has 0 spiro atoms. The molecule has 8 heteroatoms. The van der Waals surface area contributed by atoms with Crippen LogP contribution in [0.15, 0.2) is 22.7 Å². The number of nitrogens with zero attached hydrogens (tertiary/aromatic N) is 1. The lowest BCUT2D eigenvalue weighted by Crippen LogP contribution is -2.25. The third-order valence-electron chi connectivity index (χ3n) is 2.89. The lowest BCUT2D eigenvalue weighted by molar-refractivity contribution is -0.139. The average molecular weight is 382 g/mol. The average Bonchev–Trinajstić information content (AvgIpc) is 2.39. The highest BCUT2D eigenvalue weighted by molar-refractivity contribution is 9.10. The van der Waals surface area contributed by atoms with Gasteiger partial charge >= 0.3 is 12.1 Å². The molecule has 0 atom stereocenters. The molecule has 0 aliphatic heterocycles. The Kier molecular flexibility index (Phi) is 6.40. The number of hydrogen-bond donors (Lipinski definition) is 0. The minimum atomic E-state index is -4.54. The lowest BCUT2D eigenvalue weighted by Gasteiger charge is -2.14. The number of esters is 1. The summed E-state index contributed by atoms with van der Waals surface area (Å²) in [4.78, 5) is 24.0. The van der Waals surface area contributed by atoms with Gasteiger partial charge in [-0.15, -0.1) is 0 Å². The standard InChI is InChI=1S/C14H15BrF3NO3/c1-9(20)19(2)7-3-4-13(21)22-10-5-6-12(15)11(8-10)14(16,17)18/h5-6,8H,3-4,7H2,1-2H3. The third-order valence-corrected chi connectivity index (χ3v) is 3.58. The number of alkyl halides is 3. The van der Waals surface area contributed by atoms with Gasteiger partial charge in [0.15, 0.2) is 0 Å². The Labute approximate surface area is 134 Å². The summed E-state index contributed by atoms with van der Waals surface area (Å²) in [5, 5.41) is 0. The van der Waals surface area contributed by atoms with Gasteiger partial charge in [0.25, 0.3) is 0 Å². The first-order valence-corrected chi connectivity index (χ1v) is 7.19. The Morgan fingerprint density at radius 3 is 2.50 bits per heavy atom. The number of hydrogen-bond acceptors (Lipinski definition) is 3. The molecule has 0 aromatic heterocycles. The fourth-order valence-electron chi connectivity index (χ4n) is 1.59. The van der Waals surface area contributed by atoms with Gasteiger partial charge in [-0.3, -0.25) is 9.59 Å². The van der Waals surface area contributed by atoms with Gasteiger partial charge in [-0.2, -0.15) is 13.2 Å². The van der Waals surface area contributed by atoms with E-state index in [9.17, 15) is 22.8 Å². The molecule has 0 bridgehead atoms. The van der Waals surface area contributed by atoms with Gasteiger partial charge in [0, 0.05) is 31.4 Å². The van der Waals surface area contributed by atoms with Crippen LogP contribution in [0.4, 0.5) is 13.2 Å². The molecule has 0 heterocycles. The number of ether oxygens (including phenoxy) is 1. The van der Waals surface area contributed by atoms with E-state index in [4.69, 9.17) is 4.74 Å². The molecule has 0 saturated heterocycles. The molecule has 0 aliphatic rings. The molecule has 122 valence electrons. The summed E-state index contributed by atoms with van der Waals surface area (Å²) < 4.78 is 42.9. The van der Waals surface area contributed by atoms with Crippen LogP contribution in [0.25, 0.3) is 0 Å². The van der Waals surface area contributed by atoms with Gasteiger partial charge in [-0.1, -0.05) is 15.9 Å². The fraction of sp³-hybridized carbons (Fsp3) is 0.429. The highest BCUT2D eigenvalue weighted by atomic mass is 79.9. The lowest BCUT2D eigenvalue weighted by atomic mass is 10.2. The van der Waals surface area contributed by atoms with Crippen molar-refractivity contribution in [2.75, 3.05) is 13.6 Å². The minimum absolute atomic E-state index is 0.00896. The molecule has 0 fully saturated rings. The molecule has 1 amide bonds. The normalized spacial score (nSPS) is 11.2. The summed E-state index contributed by atoms with van der Waals surface area (Å²) in [5.74, 6) is -0.941. The van der Waals surface area contributed by atoms with Crippen LogP contribution in [-0.2, 0) is 15.8 Å². The first-order valence-electron chi connectivity index (χ1n) is 6.40. The molecule has 4 nitrogen and oxygen atoms in total. The van der Waals surface area contributed by atoms with E-state index >= 15 is 0 Å². The second kappa shape index (κ2) is 7.62. The maximum atomic E-state index is 12.7. The van der Waals surface area contributed by atoms with E-state index in [0.717, 1.165) is 6.07 Å². The van der Waals surface area contributed by atoms with Gasteiger partial charge in [-0.05, 0) is 24.6 Å². The number of benzene rings is 1. The zero-order chi connectivity index (χ0) is 16.9. The molecule has 1 aromatic carbocycles. The number of halogens is 4. The van der Waals surface area contributed by atoms with Crippen molar-refractivity contribution in [3.05, 3.63) is 28.2 Å². The summed E-state index contributed by atoms with van der Waals surface area (Å²) in [6.45, 7) is 1.78. The molecule has 0 aliphatic carbocycles. The highest BCUT2D eigenvalue weighted by Gasteiger charge is 2.33. The van der Waals surface area contributed by atoms with E-state index in [1.165, 1.54) is 24.0 Å². The molecule has 1 aromatic rings. The minimum Gasteiger partial charge on any atom is -0.427 e. The van der Waals surface area contributed by atoms with Crippen LogP contribution in [0, 0.1) is 0 Å². The van der Waals surface area contributed by atoms with Crippen molar-refractivity contribution in [1.82, 2.24) is 4.90 Å². The third kappa shape index (κ3) is 5.67. The molecule has 1 rings (SSSR count). The van der Waals surface area contributed by atoms with Crippen LogP contribution in [0.5, 0.6) is 5.75 Å². The molecule has 0 N–H and O–H groups in total. The summed E-state index contributed by atoms with van der Waals surface area (Å²) in [6.07, 6.45) is -4.15. The summed E-state index contributed by atoms with van der Waals surface area (Å²) >= 11 is 2.81. The van der Waals surface area contributed by atoms with Crippen LogP contribution in [0.2, 0.25) is 0 Å². The molecular formula is C14H15BrF3NO3. The smallest absolute Gasteiger partial charge is 0.417 e. The number of carbonyl (C=O) groups is 2. The van der Waals surface area contributed by atoms with Crippen molar-refractivity contribution in [3.8, 4) is 5.75 Å². The topological polar surface area (TPSA) is 46.6 Å². The SMILES string of the molecule is CC(=O)N(C)CCCC(=O)Oc1ccc(Br)c(C(F)(F)F)c1. The number of amides is 1. The second-order valence-electron chi connectivity index (χ2n) is 4.66. The molecular weight excluding hydrogens is 367 g/mol. The summed E-state index contributed by atoms with van der Waals surface area (Å²) in [6, 6.07) is 3.22. The quantitative estimate of drug-likeness (QED) is 0.577. The summed E-state index contributed by atoms with van der Waals surface area (Å²) in [5.41, 5.74) is -0.908. The predicted molar refractivity (Wildman–Crippen MR) is 77.3 cm³/mol. The summed E-state index contributed by atoms with van der Waals surface area (Å²) in [7, 11) is 1.60. The molecule has 0 saturated carbocycles. The van der Waals surface area contributed by atoms with Crippen molar-refractivity contribution in [3.63, 3.8) is 0 Å². The van der Waals surface area contributed by atoms with Crippen LogP contribution in [0.3, 0.4) is 0 Å². The van der Waals surface area contributed by atoms with Crippen molar-refractivity contribution in [1.29, 1.82) is 0 Å². The first kappa shape index (κ1) is 18.5. The number of carbonyl (C=O) groups excluding carboxylic acids is 2. The van der Waals surface area contributed by atoms with Gasteiger partial charge in [-0.25, -0.2) is 0 Å². The maximum absolute atomic E-state index is 12.7. The van der Waals surface area contributed by atoms with E-state index < -0.39 is 17.7 Å². The van der Waals surface area contributed by atoms with E-state index in [0.29, 0.717) is 13.0 Å². The zero-order valence-corrected chi connectivity index (χ0v) is 13.6. The monoisotopic (exact) mass is 381 g/mol. The van der Waals surface area contributed by atoms with E-state index in [1.807, 2.05) is 0 Å². The second-order valence-corrected chi connectivity index (χ2v) is 5.51. The van der Waals surface area contributed by atoms with Crippen LogP contribution in [-0.4, -0.2) is 30.4 Å². The van der Waals surface area contributed by atoms with Crippen LogP contribution in [0.1, 0.15) is 25.3 Å². The first-order chi connectivity index (χ1) is 10.1. The van der Waals surface area contributed by atoms with Crippen LogP contribution >= 0.6 is 15.9 Å². The number of rotatable bonds is 5. The fourth-order valence-corrected chi connectivity index (χ4v) is 2.06. The van der Waals surface area contributed by atoms with Crippen LogP contribution < -0.4 is 4.74 Å². The van der Waals surface area contributed by atoms with Crippen molar-refractivity contribution < 1.29 is 27.5 Å². The van der Waals surface area contributed by atoms with Crippen molar-refractivity contribution in [2.45, 2.75) is 25.9 Å². The molecule has 0 radical (unpaired) electrons. The van der Waals surface area contributed by atoms with E-state index in [2.05, 4.69) is 15.9 Å². The Bertz CT molecular complexity index is 561. The van der Waals surface area contributed by atoms with Gasteiger partial charge in [0.05, 0.1) is 5.56 Å². The Hall–Kier alpha value is -1.57. The molecule has 0 unspecified atom stereocenters. The van der Waals surface area contributed by atoms with E-state index in [1.54, 1.807) is 7.05 Å². The Balaban J connectivity index is 2.60. The molecule has 22 heavy (non-hydrogen) atoms. The van der Waals surface area contributed by atoms with Crippen molar-refractivity contribution in [2.24, 2.45) is 0 Å². The maximum Gasteiger partial charge on any atom is 0.417 e. The van der Waals surface area contributed by atoms with Gasteiger partial charge < -0.3 is 9.64 Å². The predicted octanol–water partition coefficient (Wildman–Crippen LogP) is 3.63. The van der Waals surface area contributed by atoms with Gasteiger partial charge in [0.1, 0.15) is 5.75 Å². The highest BCUT2D eigenvalue weighted by Crippen LogP contribution is 2.36. The largest absolute Gasteiger partial charge is 0.427 e. The zero-order valence-electron chi connectivity index (χ0n) is 12.0. The van der Waals surface area contributed by atoms with Gasteiger partial charge in [0.2, 0.25) is 5.91 Å². The Morgan fingerprint density at radius 2 is 1.95 bits per heavy atom. The van der Waals surface area contributed by atoms with Crippen molar-refractivity contribution >= 4 is 27.8 Å².